The zero-order valence-corrected chi connectivity index (χ0v) is 8.83. The maximum atomic E-state index is 4.46. The van der Waals surface area contributed by atoms with Crippen molar-refractivity contribution in [3.63, 3.8) is 0 Å². The fourth-order valence-electron chi connectivity index (χ4n) is 2.09. The van der Waals surface area contributed by atoms with Crippen molar-refractivity contribution in [3.8, 4) is 0 Å². The van der Waals surface area contributed by atoms with E-state index in [1.807, 2.05) is 6.20 Å². The SMILES string of the molecule is Cc1cc2ncc3c(C)cccc3c2[nH]1. The number of nitrogens with one attached hydrogen (secondary N) is 1. The first-order chi connectivity index (χ1) is 7.25. The number of hydrogen-bond donors (Lipinski definition) is 1. The number of H-pyrrole nitrogens is 1. The molecule has 0 aliphatic heterocycles. The second-order valence-electron chi connectivity index (χ2n) is 4.01. The molecular formula is C13H12N2. The van der Waals surface area contributed by atoms with Gasteiger partial charge in [-0.15, -0.1) is 0 Å². The fourth-order valence-corrected chi connectivity index (χ4v) is 2.09. The summed E-state index contributed by atoms with van der Waals surface area (Å²) in [5.41, 5.74) is 4.62. The number of nitrogens with zero attached hydrogens (tertiary/aromatic N) is 1. The van der Waals surface area contributed by atoms with Gasteiger partial charge in [0, 0.05) is 22.7 Å². The lowest BCUT2D eigenvalue weighted by Crippen LogP contribution is -1.82. The highest BCUT2D eigenvalue weighted by Gasteiger charge is 2.04. The van der Waals surface area contributed by atoms with Crippen LogP contribution in [0, 0.1) is 13.8 Å². The summed E-state index contributed by atoms with van der Waals surface area (Å²) in [4.78, 5) is 7.83. The van der Waals surface area contributed by atoms with Crippen molar-refractivity contribution in [2.75, 3.05) is 0 Å². The molecule has 2 heteroatoms. The van der Waals surface area contributed by atoms with Crippen LogP contribution in [0.2, 0.25) is 0 Å². The molecule has 3 aromatic rings. The van der Waals surface area contributed by atoms with Gasteiger partial charge >= 0.3 is 0 Å². The van der Waals surface area contributed by atoms with Crippen LogP contribution in [0.25, 0.3) is 21.8 Å². The summed E-state index contributed by atoms with van der Waals surface area (Å²) in [5, 5.41) is 2.49. The van der Waals surface area contributed by atoms with E-state index in [1.165, 1.54) is 16.3 Å². The number of hydrogen-bond acceptors (Lipinski definition) is 1. The van der Waals surface area contributed by atoms with Gasteiger partial charge in [0.1, 0.15) is 0 Å². The third-order valence-electron chi connectivity index (χ3n) is 2.86. The highest BCUT2D eigenvalue weighted by Crippen LogP contribution is 2.25. The fraction of sp³-hybridized carbons (Fsp3) is 0.154. The van der Waals surface area contributed by atoms with Crippen LogP contribution in [0.4, 0.5) is 0 Å². The molecule has 74 valence electrons. The highest BCUT2D eigenvalue weighted by molar-refractivity contribution is 6.04. The number of rotatable bonds is 0. The molecule has 0 saturated carbocycles. The Morgan fingerprint density at radius 2 is 2.00 bits per heavy atom. The zero-order valence-electron chi connectivity index (χ0n) is 8.83. The van der Waals surface area contributed by atoms with Crippen LogP contribution in [0.15, 0.2) is 30.5 Å². The Morgan fingerprint density at radius 1 is 1.13 bits per heavy atom. The van der Waals surface area contributed by atoms with Gasteiger partial charge in [0.2, 0.25) is 0 Å². The van der Waals surface area contributed by atoms with Crippen molar-refractivity contribution >= 4 is 21.8 Å². The zero-order chi connectivity index (χ0) is 10.4. The minimum Gasteiger partial charge on any atom is -0.357 e. The van der Waals surface area contributed by atoms with Gasteiger partial charge in [0.15, 0.2) is 0 Å². The molecule has 3 rings (SSSR count). The van der Waals surface area contributed by atoms with Crippen LogP contribution < -0.4 is 0 Å². The van der Waals surface area contributed by atoms with Crippen molar-refractivity contribution < 1.29 is 0 Å². The first kappa shape index (κ1) is 8.48. The van der Waals surface area contributed by atoms with Crippen LogP contribution in [-0.2, 0) is 0 Å². The standard InChI is InChI=1S/C13H12N2/c1-8-4-3-5-10-11(8)7-14-12-6-9(2)15-13(10)12/h3-7,15H,1-2H3. The topological polar surface area (TPSA) is 28.7 Å². The Labute approximate surface area is 88.0 Å². The molecule has 15 heavy (non-hydrogen) atoms. The largest absolute Gasteiger partial charge is 0.357 e. The molecule has 0 atom stereocenters. The van der Waals surface area contributed by atoms with Gasteiger partial charge in [0.05, 0.1) is 11.0 Å². The Kier molecular flexibility index (Phi) is 1.60. The molecule has 0 aliphatic carbocycles. The Balaban J connectivity index is 2.59. The summed E-state index contributed by atoms with van der Waals surface area (Å²) in [6, 6.07) is 8.43. The monoisotopic (exact) mass is 196 g/mol. The van der Waals surface area contributed by atoms with Crippen LogP contribution in [-0.4, -0.2) is 9.97 Å². The first-order valence-electron chi connectivity index (χ1n) is 5.09. The second-order valence-corrected chi connectivity index (χ2v) is 4.01. The van der Waals surface area contributed by atoms with Gasteiger partial charge in [-0.1, -0.05) is 18.2 Å². The molecule has 1 N–H and O–H groups in total. The molecule has 0 unspecified atom stereocenters. The maximum Gasteiger partial charge on any atom is 0.0888 e. The third-order valence-corrected chi connectivity index (χ3v) is 2.86. The lowest BCUT2D eigenvalue weighted by molar-refractivity contribution is 1.30. The average molecular weight is 196 g/mol. The van der Waals surface area contributed by atoms with E-state index >= 15 is 0 Å². The Hall–Kier alpha value is -1.83. The van der Waals surface area contributed by atoms with Gasteiger partial charge in [-0.3, -0.25) is 4.98 Å². The maximum absolute atomic E-state index is 4.46. The lowest BCUT2D eigenvalue weighted by atomic mass is 10.1. The molecule has 0 amide bonds. The van der Waals surface area contributed by atoms with E-state index in [1.54, 1.807) is 0 Å². The molecule has 0 bridgehead atoms. The van der Waals surface area contributed by atoms with Gasteiger partial charge in [-0.25, -0.2) is 0 Å². The van der Waals surface area contributed by atoms with E-state index in [9.17, 15) is 0 Å². The van der Waals surface area contributed by atoms with Gasteiger partial charge in [-0.05, 0) is 25.5 Å². The molecule has 0 fully saturated rings. The summed E-state index contributed by atoms with van der Waals surface area (Å²) in [5.74, 6) is 0. The van der Waals surface area contributed by atoms with Crippen LogP contribution in [0.1, 0.15) is 11.3 Å². The number of aromatic amines is 1. The predicted octanol–water partition coefficient (Wildman–Crippen LogP) is 3.33. The van der Waals surface area contributed by atoms with E-state index in [4.69, 9.17) is 0 Å². The molecule has 0 spiro atoms. The van der Waals surface area contributed by atoms with Crippen molar-refractivity contribution in [1.82, 2.24) is 9.97 Å². The molecule has 2 nitrogen and oxygen atoms in total. The van der Waals surface area contributed by atoms with E-state index < -0.39 is 0 Å². The van der Waals surface area contributed by atoms with Crippen LogP contribution >= 0.6 is 0 Å². The van der Waals surface area contributed by atoms with E-state index in [0.29, 0.717) is 0 Å². The first-order valence-corrected chi connectivity index (χ1v) is 5.09. The average Bonchev–Trinajstić information content (AvgIpc) is 2.59. The van der Waals surface area contributed by atoms with Crippen molar-refractivity contribution in [2.45, 2.75) is 13.8 Å². The summed E-state index contributed by atoms with van der Waals surface area (Å²) >= 11 is 0. The van der Waals surface area contributed by atoms with Gasteiger partial charge in [-0.2, -0.15) is 0 Å². The van der Waals surface area contributed by atoms with Crippen LogP contribution in [0.5, 0.6) is 0 Å². The summed E-state index contributed by atoms with van der Waals surface area (Å²) in [7, 11) is 0. The third kappa shape index (κ3) is 1.14. The number of fused-ring (bicyclic) bond motifs is 3. The molecule has 0 aliphatic rings. The second kappa shape index (κ2) is 2.83. The quantitative estimate of drug-likeness (QED) is 0.587. The van der Waals surface area contributed by atoms with Gasteiger partial charge < -0.3 is 4.98 Å². The van der Waals surface area contributed by atoms with Gasteiger partial charge in [0.25, 0.3) is 0 Å². The minimum atomic E-state index is 1.05. The molecular weight excluding hydrogens is 184 g/mol. The van der Waals surface area contributed by atoms with Crippen molar-refractivity contribution in [1.29, 1.82) is 0 Å². The molecule has 2 aromatic heterocycles. The van der Waals surface area contributed by atoms with E-state index in [-0.39, 0.29) is 0 Å². The molecule has 2 heterocycles. The molecule has 1 aromatic carbocycles. The van der Waals surface area contributed by atoms with E-state index in [0.717, 1.165) is 16.7 Å². The summed E-state index contributed by atoms with van der Waals surface area (Å²) in [6.07, 6.45) is 1.96. The molecule has 0 saturated heterocycles. The lowest BCUT2D eigenvalue weighted by Gasteiger charge is -2.01. The minimum absolute atomic E-state index is 1.05. The Bertz CT molecular complexity index is 650. The smallest absolute Gasteiger partial charge is 0.0888 e. The number of benzene rings is 1. The number of aryl methyl sites for hydroxylation is 2. The predicted molar refractivity (Wildman–Crippen MR) is 63.1 cm³/mol. The van der Waals surface area contributed by atoms with E-state index in [2.05, 4.69) is 48.1 Å². The van der Waals surface area contributed by atoms with Crippen molar-refractivity contribution in [2.24, 2.45) is 0 Å². The number of aromatic nitrogens is 2. The van der Waals surface area contributed by atoms with Crippen LogP contribution in [0.3, 0.4) is 0 Å². The normalized spacial score (nSPS) is 11.3. The van der Waals surface area contributed by atoms with Crippen molar-refractivity contribution in [3.05, 3.63) is 41.7 Å². The Morgan fingerprint density at radius 3 is 2.87 bits per heavy atom. The number of pyridine rings is 1. The summed E-state index contributed by atoms with van der Waals surface area (Å²) < 4.78 is 0. The highest BCUT2D eigenvalue weighted by atomic mass is 14.8. The summed E-state index contributed by atoms with van der Waals surface area (Å²) in [6.45, 7) is 4.18. The molecule has 0 radical (unpaired) electrons.